The van der Waals surface area contributed by atoms with Crippen LogP contribution in [0.15, 0.2) is 36.9 Å². The number of anilines is 1. The summed E-state index contributed by atoms with van der Waals surface area (Å²) in [5.41, 5.74) is 2.83. The van der Waals surface area contributed by atoms with Gasteiger partial charge in [0.25, 0.3) is 0 Å². The van der Waals surface area contributed by atoms with E-state index in [0.717, 1.165) is 0 Å². The van der Waals surface area contributed by atoms with Crippen LogP contribution in [-0.2, 0) is 4.84 Å². The third kappa shape index (κ3) is 4.49. The number of carbonyl (C=O) groups is 1. The van der Waals surface area contributed by atoms with Crippen LogP contribution in [0.25, 0.3) is 0 Å². The van der Waals surface area contributed by atoms with E-state index in [-0.39, 0.29) is 6.61 Å². The van der Waals surface area contributed by atoms with Crippen LogP contribution in [0.3, 0.4) is 0 Å². The molecule has 0 aliphatic carbocycles. The number of hydroxylamine groups is 1. The van der Waals surface area contributed by atoms with Crippen LogP contribution in [0.5, 0.6) is 0 Å². The monoisotopic (exact) mass is 226 g/mol. The Kier molecular flexibility index (Phi) is 4.66. The summed E-state index contributed by atoms with van der Waals surface area (Å²) in [6, 6.07) is 6.30. The Morgan fingerprint density at radius 1 is 1.47 bits per heavy atom. The van der Waals surface area contributed by atoms with Crippen molar-refractivity contribution >= 4 is 23.3 Å². The van der Waals surface area contributed by atoms with Gasteiger partial charge in [-0.3, -0.25) is 4.84 Å². The molecule has 0 bridgehead atoms. The number of carbonyl (C=O) groups excluding carboxylic acids is 1. The predicted octanol–water partition coefficient (Wildman–Crippen LogP) is 2.58. The van der Waals surface area contributed by atoms with Crippen molar-refractivity contribution in [1.82, 2.24) is 5.48 Å². The number of nitrogens with one attached hydrogen (secondary N) is 2. The molecule has 0 fully saturated rings. The normalized spacial score (nSPS) is 9.40. The van der Waals surface area contributed by atoms with Crippen molar-refractivity contribution < 1.29 is 9.63 Å². The van der Waals surface area contributed by atoms with Crippen LogP contribution < -0.4 is 10.8 Å². The summed E-state index contributed by atoms with van der Waals surface area (Å²) in [6.07, 6.45) is 1.53. The molecule has 1 aromatic carbocycles. The summed E-state index contributed by atoms with van der Waals surface area (Å²) >= 11 is 5.69. The zero-order valence-electron chi connectivity index (χ0n) is 8.00. The summed E-state index contributed by atoms with van der Waals surface area (Å²) < 4.78 is 0. The molecule has 5 heteroatoms. The van der Waals surface area contributed by atoms with E-state index >= 15 is 0 Å². The molecular formula is C10H11ClN2O2. The van der Waals surface area contributed by atoms with Crippen molar-refractivity contribution in [3.63, 3.8) is 0 Å². The standard InChI is InChI=1S/C10H11ClN2O2/c1-2-7-15-13-10(14)12-9-5-3-8(11)4-6-9/h2-6H,1,7H2,(H2,12,13,14). The molecule has 0 heterocycles. The molecule has 0 aliphatic heterocycles. The third-order valence-corrected chi connectivity index (χ3v) is 1.72. The molecule has 4 nitrogen and oxygen atoms in total. The number of amides is 2. The highest BCUT2D eigenvalue weighted by Gasteiger charge is 1.99. The smallest absolute Gasteiger partial charge is 0.306 e. The minimum atomic E-state index is -0.445. The molecule has 15 heavy (non-hydrogen) atoms. The van der Waals surface area contributed by atoms with Gasteiger partial charge in [-0.15, -0.1) is 6.58 Å². The SMILES string of the molecule is C=CCONC(=O)Nc1ccc(Cl)cc1. The van der Waals surface area contributed by atoms with Crippen molar-refractivity contribution in [2.24, 2.45) is 0 Å². The number of urea groups is 1. The Bertz CT molecular complexity index is 338. The van der Waals surface area contributed by atoms with Crippen molar-refractivity contribution in [3.8, 4) is 0 Å². The number of rotatable bonds is 4. The maximum atomic E-state index is 11.2. The van der Waals surface area contributed by atoms with Crippen LogP contribution in [0.4, 0.5) is 10.5 Å². The topological polar surface area (TPSA) is 50.4 Å². The molecule has 0 aliphatic rings. The van der Waals surface area contributed by atoms with E-state index < -0.39 is 6.03 Å². The molecule has 0 radical (unpaired) electrons. The van der Waals surface area contributed by atoms with E-state index in [4.69, 9.17) is 16.4 Å². The fourth-order valence-electron chi connectivity index (χ4n) is 0.856. The highest BCUT2D eigenvalue weighted by atomic mass is 35.5. The molecule has 0 unspecified atom stereocenters. The highest BCUT2D eigenvalue weighted by molar-refractivity contribution is 6.30. The van der Waals surface area contributed by atoms with E-state index in [2.05, 4.69) is 17.4 Å². The van der Waals surface area contributed by atoms with Gasteiger partial charge < -0.3 is 5.32 Å². The zero-order valence-corrected chi connectivity index (χ0v) is 8.75. The van der Waals surface area contributed by atoms with Gasteiger partial charge in [0, 0.05) is 10.7 Å². The van der Waals surface area contributed by atoms with Crippen molar-refractivity contribution in [3.05, 3.63) is 41.9 Å². The Balaban J connectivity index is 2.37. The van der Waals surface area contributed by atoms with Crippen LogP contribution in [0, 0.1) is 0 Å². The first-order valence-electron chi connectivity index (χ1n) is 4.27. The predicted molar refractivity (Wildman–Crippen MR) is 59.8 cm³/mol. The maximum Gasteiger partial charge on any atom is 0.343 e. The molecule has 0 aromatic heterocycles. The van der Waals surface area contributed by atoms with Crippen molar-refractivity contribution in [2.45, 2.75) is 0 Å². The van der Waals surface area contributed by atoms with Gasteiger partial charge in [-0.1, -0.05) is 17.7 Å². The van der Waals surface area contributed by atoms with E-state index in [1.54, 1.807) is 24.3 Å². The molecule has 0 saturated carbocycles. The first-order chi connectivity index (χ1) is 7.22. The average Bonchev–Trinajstić information content (AvgIpc) is 2.22. The quantitative estimate of drug-likeness (QED) is 0.471. The van der Waals surface area contributed by atoms with E-state index in [0.29, 0.717) is 10.7 Å². The average molecular weight is 227 g/mol. The first kappa shape index (κ1) is 11.6. The third-order valence-electron chi connectivity index (χ3n) is 1.47. The van der Waals surface area contributed by atoms with Gasteiger partial charge in [-0.05, 0) is 24.3 Å². The molecule has 2 amide bonds. The van der Waals surface area contributed by atoms with Crippen LogP contribution in [-0.4, -0.2) is 12.6 Å². The second-order valence-electron chi connectivity index (χ2n) is 2.66. The second kappa shape index (κ2) is 6.06. The minimum absolute atomic E-state index is 0.258. The van der Waals surface area contributed by atoms with Crippen molar-refractivity contribution in [2.75, 3.05) is 11.9 Å². The van der Waals surface area contributed by atoms with Gasteiger partial charge in [0.1, 0.15) is 0 Å². The first-order valence-corrected chi connectivity index (χ1v) is 4.65. The van der Waals surface area contributed by atoms with Gasteiger partial charge >= 0.3 is 6.03 Å². The summed E-state index contributed by atoms with van der Waals surface area (Å²) in [5.74, 6) is 0. The van der Waals surface area contributed by atoms with E-state index in [1.165, 1.54) is 6.08 Å². The van der Waals surface area contributed by atoms with Crippen LogP contribution in [0.1, 0.15) is 0 Å². The van der Waals surface area contributed by atoms with Gasteiger partial charge in [-0.25, -0.2) is 10.3 Å². The van der Waals surface area contributed by atoms with Gasteiger partial charge in [0.05, 0.1) is 6.61 Å². The highest BCUT2D eigenvalue weighted by Crippen LogP contribution is 2.12. The Labute approximate surface area is 92.8 Å². The molecule has 2 N–H and O–H groups in total. The lowest BCUT2D eigenvalue weighted by Crippen LogP contribution is -2.28. The molecule has 1 aromatic rings. The lowest BCUT2D eigenvalue weighted by Gasteiger charge is -2.06. The molecule has 0 saturated heterocycles. The van der Waals surface area contributed by atoms with Crippen LogP contribution in [0.2, 0.25) is 5.02 Å². The Hall–Kier alpha value is -1.52. The van der Waals surface area contributed by atoms with Crippen LogP contribution >= 0.6 is 11.6 Å². The van der Waals surface area contributed by atoms with Gasteiger partial charge in [0.15, 0.2) is 0 Å². The molecular weight excluding hydrogens is 216 g/mol. The Morgan fingerprint density at radius 2 is 2.13 bits per heavy atom. The maximum absolute atomic E-state index is 11.2. The molecule has 0 spiro atoms. The second-order valence-corrected chi connectivity index (χ2v) is 3.10. The summed E-state index contributed by atoms with van der Waals surface area (Å²) in [4.78, 5) is 15.9. The lowest BCUT2D eigenvalue weighted by molar-refractivity contribution is 0.0872. The van der Waals surface area contributed by atoms with Crippen molar-refractivity contribution in [1.29, 1.82) is 0 Å². The lowest BCUT2D eigenvalue weighted by atomic mass is 10.3. The van der Waals surface area contributed by atoms with E-state index in [9.17, 15) is 4.79 Å². The fraction of sp³-hybridized carbons (Fsp3) is 0.100. The summed E-state index contributed by atoms with van der Waals surface area (Å²) in [6.45, 7) is 3.70. The molecule has 0 atom stereocenters. The molecule has 1 rings (SSSR count). The zero-order chi connectivity index (χ0) is 11.1. The number of hydrogen-bond acceptors (Lipinski definition) is 2. The largest absolute Gasteiger partial charge is 0.343 e. The Morgan fingerprint density at radius 3 is 2.73 bits per heavy atom. The number of benzene rings is 1. The molecule has 80 valence electrons. The minimum Gasteiger partial charge on any atom is -0.306 e. The summed E-state index contributed by atoms with van der Waals surface area (Å²) in [7, 11) is 0. The number of halogens is 1. The fourth-order valence-corrected chi connectivity index (χ4v) is 0.982. The summed E-state index contributed by atoms with van der Waals surface area (Å²) in [5, 5.41) is 3.17. The van der Waals surface area contributed by atoms with Gasteiger partial charge in [-0.2, -0.15) is 0 Å². The van der Waals surface area contributed by atoms with E-state index in [1.807, 2.05) is 0 Å². The van der Waals surface area contributed by atoms with Gasteiger partial charge in [0.2, 0.25) is 0 Å². The number of hydrogen-bond donors (Lipinski definition) is 2.